The van der Waals surface area contributed by atoms with Crippen LogP contribution in [0, 0.1) is 0 Å². The second-order valence-corrected chi connectivity index (χ2v) is 10.2. The molecule has 0 radical (unpaired) electrons. The topological polar surface area (TPSA) is 105 Å². The smallest absolute Gasteiger partial charge is 0.457 e. The zero-order valence-electron chi connectivity index (χ0n) is 19.2. The van der Waals surface area contributed by atoms with Crippen molar-refractivity contribution in [3.05, 3.63) is 66.4 Å². The van der Waals surface area contributed by atoms with Crippen molar-refractivity contribution < 1.29 is 31.1 Å². The van der Waals surface area contributed by atoms with Gasteiger partial charge in [0.05, 0.1) is 21.7 Å². The molecule has 0 aliphatic rings. The van der Waals surface area contributed by atoms with Crippen LogP contribution in [0.3, 0.4) is 0 Å². The van der Waals surface area contributed by atoms with E-state index in [0.29, 0.717) is 27.5 Å². The first-order valence-corrected chi connectivity index (χ1v) is 12.4. The van der Waals surface area contributed by atoms with Crippen LogP contribution < -0.4 is 4.74 Å². The first-order valence-electron chi connectivity index (χ1n) is 10.7. The molecule has 2 aromatic heterocycles. The van der Waals surface area contributed by atoms with Gasteiger partial charge < -0.3 is 14.6 Å². The average Bonchev–Trinajstić information content (AvgIpc) is 3.27. The van der Waals surface area contributed by atoms with Crippen molar-refractivity contribution in [2.45, 2.75) is 24.5 Å². The lowest BCUT2D eigenvalue weighted by Gasteiger charge is -2.20. The van der Waals surface area contributed by atoms with Crippen molar-refractivity contribution in [3.63, 3.8) is 0 Å². The first kappa shape index (κ1) is 25.2. The van der Waals surface area contributed by atoms with Gasteiger partial charge in [-0.3, -0.25) is 9.78 Å². The summed E-state index contributed by atoms with van der Waals surface area (Å²) in [6.07, 6.45) is -3.43. The van der Waals surface area contributed by atoms with Gasteiger partial charge in [0, 0.05) is 31.4 Å². The Hall–Kier alpha value is -3.93. The SMILES string of the molecule is CCS(=O)(=O)c1ccc(Oc2cc3nc(-c4ccccn4)[nH]c3cc2CN(C)C(=O)C(F)(F)F)cc1. The number of hydrogen-bond donors (Lipinski definition) is 1. The predicted octanol–water partition coefficient (Wildman–Crippen LogP) is 4.73. The molecular formula is C24H21F3N4O4S. The summed E-state index contributed by atoms with van der Waals surface area (Å²) in [5, 5.41) is 0. The van der Waals surface area contributed by atoms with Crippen molar-refractivity contribution in [2.24, 2.45) is 0 Å². The third-order valence-electron chi connectivity index (χ3n) is 5.36. The number of ether oxygens (including phenoxy) is 1. The van der Waals surface area contributed by atoms with E-state index in [-0.39, 0.29) is 27.7 Å². The molecule has 0 bridgehead atoms. The fraction of sp³-hybridized carbons (Fsp3) is 0.208. The molecule has 12 heteroatoms. The minimum atomic E-state index is -5.03. The van der Waals surface area contributed by atoms with E-state index >= 15 is 0 Å². The number of halogens is 3. The van der Waals surface area contributed by atoms with E-state index in [1.54, 1.807) is 30.5 Å². The third kappa shape index (κ3) is 5.33. The highest BCUT2D eigenvalue weighted by atomic mass is 32.2. The normalized spacial score (nSPS) is 12.0. The fourth-order valence-corrected chi connectivity index (χ4v) is 4.36. The van der Waals surface area contributed by atoms with Gasteiger partial charge in [-0.25, -0.2) is 13.4 Å². The molecule has 2 aromatic carbocycles. The molecule has 0 aliphatic heterocycles. The zero-order valence-corrected chi connectivity index (χ0v) is 20.0. The minimum Gasteiger partial charge on any atom is -0.457 e. The minimum absolute atomic E-state index is 0.0641. The monoisotopic (exact) mass is 518 g/mol. The molecular weight excluding hydrogens is 497 g/mol. The molecule has 36 heavy (non-hydrogen) atoms. The Bertz CT molecular complexity index is 1500. The highest BCUT2D eigenvalue weighted by Gasteiger charge is 2.41. The van der Waals surface area contributed by atoms with Crippen LogP contribution in [0.1, 0.15) is 12.5 Å². The van der Waals surface area contributed by atoms with Gasteiger partial charge in [0.25, 0.3) is 0 Å². The summed E-state index contributed by atoms with van der Waals surface area (Å²) < 4.78 is 68.9. The van der Waals surface area contributed by atoms with Gasteiger partial charge in [-0.05, 0) is 42.5 Å². The summed E-state index contributed by atoms with van der Waals surface area (Å²) in [7, 11) is -2.37. The lowest BCUT2D eigenvalue weighted by molar-refractivity contribution is -0.184. The van der Waals surface area contributed by atoms with E-state index in [4.69, 9.17) is 4.74 Å². The van der Waals surface area contributed by atoms with Crippen LogP contribution in [0.4, 0.5) is 13.2 Å². The number of imidazole rings is 1. The number of H-pyrrole nitrogens is 1. The van der Waals surface area contributed by atoms with Gasteiger partial charge in [0.15, 0.2) is 15.7 Å². The fourth-order valence-electron chi connectivity index (χ4n) is 3.48. The molecule has 0 saturated heterocycles. The Kier molecular flexibility index (Phi) is 6.72. The van der Waals surface area contributed by atoms with Gasteiger partial charge in [-0.15, -0.1) is 0 Å². The molecule has 4 rings (SSSR count). The van der Waals surface area contributed by atoms with Crippen molar-refractivity contribution >= 4 is 26.8 Å². The third-order valence-corrected chi connectivity index (χ3v) is 7.11. The molecule has 0 unspecified atom stereocenters. The van der Waals surface area contributed by atoms with Gasteiger partial charge >= 0.3 is 12.1 Å². The van der Waals surface area contributed by atoms with Crippen molar-refractivity contribution in [1.82, 2.24) is 19.9 Å². The maximum absolute atomic E-state index is 13.0. The molecule has 1 N–H and O–H groups in total. The van der Waals surface area contributed by atoms with Crippen molar-refractivity contribution in [2.75, 3.05) is 12.8 Å². The molecule has 4 aromatic rings. The van der Waals surface area contributed by atoms with E-state index in [1.807, 2.05) is 0 Å². The summed E-state index contributed by atoms with van der Waals surface area (Å²) in [4.78, 5) is 24.2. The number of rotatable bonds is 7. The van der Waals surface area contributed by atoms with Gasteiger partial charge in [0.1, 0.15) is 17.2 Å². The quantitative estimate of drug-likeness (QED) is 0.379. The number of nitrogens with zero attached hydrogens (tertiary/aromatic N) is 3. The molecule has 0 fully saturated rings. The molecule has 2 heterocycles. The summed E-state index contributed by atoms with van der Waals surface area (Å²) in [5.41, 5.74) is 1.82. The Labute approximate surface area is 204 Å². The van der Waals surface area contributed by atoms with E-state index in [1.165, 1.54) is 37.3 Å². The number of amides is 1. The maximum atomic E-state index is 13.0. The molecule has 0 aliphatic carbocycles. The van der Waals surface area contributed by atoms with E-state index in [9.17, 15) is 26.4 Å². The van der Waals surface area contributed by atoms with Crippen molar-refractivity contribution in [1.29, 1.82) is 0 Å². The predicted molar refractivity (Wildman–Crippen MR) is 126 cm³/mol. The zero-order chi connectivity index (χ0) is 26.1. The number of aromatic amines is 1. The van der Waals surface area contributed by atoms with Gasteiger partial charge in [0.2, 0.25) is 0 Å². The number of hydrogen-bond acceptors (Lipinski definition) is 6. The largest absolute Gasteiger partial charge is 0.471 e. The number of fused-ring (bicyclic) bond motifs is 1. The van der Waals surface area contributed by atoms with Crippen LogP contribution >= 0.6 is 0 Å². The second kappa shape index (κ2) is 9.61. The molecule has 0 atom stereocenters. The number of pyridine rings is 1. The van der Waals surface area contributed by atoms with E-state index < -0.39 is 28.5 Å². The number of benzene rings is 2. The van der Waals surface area contributed by atoms with Gasteiger partial charge in [-0.2, -0.15) is 13.2 Å². The summed E-state index contributed by atoms with van der Waals surface area (Å²) in [6.45, 7) is 1.13. The summed E-state index contributed by atoms with van der Waals surface area (Å²) >= 11 is 0. The number of alkyl halides is 3. The summed E-state index contributed by atoms with van der Waals surface area (Å²) in [5.74, 6) is -1.19. The van der Waals surface area contributed by atoms with Gasteiger partial charge in [-0.1, -0.05) is 13.0 Å². The molecule has 1 amide bonds. The molecule has 8 nitrogen and oxygen atoms in total. The average molecular weight is 519 g/mol. The van der Waals surface area contributed by atoms with Crippen LogP contribution in [0.25, 0.3) is 22.6 Å². The highest BCUT2D eigenvalue weighted by Crippen LogP contribution is 2.32. The number of sulfone groups is 1. The van der Waals surface area contributed by atoms with E-state index in [2.05, 4.69) is 15.0 Å². The van der Waals surface area contributed by atoms with E-state index in [0.717, 1.165) is 7.05 Å². The number of nitrogens with one attached hydrogen (secondary N) is 1. The Balaban J connectivity index is 1.74. The number of carbonyl (C=O) groups is 1. The Morgan fingerprint density at radius 3 is 2.44 bits per heavy atom. The number of aromatic nitrogens is 3. The highest BCUT2D eigenvalue weighted by molar-refractivity contribution is 7.91. The Morgan fingerprint density at radius 1 is 1.11 bits per heavy atom. The van der Waals surface area contributed by atoms with Crippen LogP contribution in [-0.4, -0.2) is 53.2 Å². The van der Waals surface area contributed by atoms with Crippen LogP contribution in [-0.2, 0) is 21.2 Å². The van der Waals surface area contributed by atoms with Crippen molar-refractivity contribution in [3.8, 4) is 23.0 Å². The second-order valence-electron chi connectivity index (χ2n) is 7.91. The standard InChI is InChI=1S/C24H21F3N4O4S/c1-3-36(33,34)17-9-7-16(8-10-17)35-21-13-20-19(29-22(30-20)18-6-4-5-11-28-18)12-15(21)14-31(2)23(32)24(25,26)27/h4-13H,3,14H2,1-2H3,(H,29,30). The van der Waals surface area contributed by atoms with Crippen LogP contribution in [0.2, 0.25) is 0 Å². The Morgan fingerprint density at radius 2 is 1.83 bits per heavy atom. The molecule has 0 saturated carbocycles. The number of carbonyl (C=O) groups excluding carboxylic acids is 1. The van der Waals surface area contributed by atoms with Crippen LogP contribution in [0.5, 0.6) is 11.5 Å². The lowest BCUT2D eigenvalue weighted by Crippen LogP contribution is -2.38. The van der Waals surface area contributed by atoms with Crippen LogP contribution in [0.15, 0.2) is 65.7 Å². The maximum Gasteiger partial charge on any atom is 0.471 e. The molecule has 188 valence electrons. The summed E-state index contributed by atoms with van der Waals surface area (Å²) in [6, 6.07) is 14.1. The molecule has 0 spiro atoms. The first-order chi connectivity index (χ1) is 17.0. The lowest BCUT2D eigenvalue weighted by atomic mass is 10.1.